The van der Waals surface area contributed by atoms with Gasteiger partial charge in [-0.15, -0.1) is 0 Å². The highest BCUT2D eigenvalue weighted by atomic mass is 32.1. The highest BCUT2D eigenvalue weighted by Gasteiger charge is 2.06. The van der Waals surface area contributed by atoms with E-state index in [1.807, 2.05) is 0 Å². The fraction of sp³-hybridized carbons (Fsp3) is 0.917. The second kappa shape index (κ2) is 9.10. The molecule has 0 aromatic carbocycles. The Morgan fingerprint density at radius 1 is 1.33 bits per heavy atom. The predicted octanol–water partition coefficient (Wildman–Crippen LogP) is 2.81. The zero-order chi connectivity index (χ0) is 11.7. The van der Waals surface area contributed by atoms with Crippen LogP contribution in [0.2, 0.25) is 0 Å². The molecule has 2 nitrogen and oxygen atoms in total. The van der Waals surface area contributed by atoms with Crippen LogP contribution in [0.5, 0.6) is 0 Å². The lowest BCUT2D eigenvalue weighted by Gasteiger charge is -2.23. The Hall–Kier alpha value is -0.150. The van der Waals surface area contributed by atoms with Crippen molar-refractivity contribution in [3.05, 3.63) is 0 Å². The van der Waals surface area contributed by atoms with Crippen LogP contribution in [0.3, 0.4) is 0 Å². The van der Waals surface area contributed by atoms with Crippen molar-refractivity contribution in [3.63, 3.8) is 0 Å². The maximum absolute atomic E-state index is 5.46. The van der Waals surface area contributed by atoms with Gasteiger partial charge in [0.1, 0.15) is 0 Å². The van der Waals surface area contributed by atoms with Crippen molar-refractivity contribution in [2.75, 3.05) is 19.6 Å². The lowest BCUT2D eigenvalue weighted by molar-refractivity contribution is 0.242. The van der Waals surface area contributed by atoms with Crippen LogP contribution < -0.4 is 5.73 Å². The van der Waals surface area contributed by atoms with Gasteiger partial charge in [-0.3, -0.25) is 0 Å². The molecule has 0 saturated heterocycles. The summed E-state index contributed by atoms with van der Waals surface area (Å²) in [5.74, 6) is 0.806. The number of nitrogens with two attached hydrogens (primary N) is 1. The molecule has 0 radical (unpaired) electrons. The molecule has 1 atom stereocenters. The average molecular weight is 230 g/mol. The molecule has 90 valence electrons. The maximum atomic E-state index is 5.46. The van der Waals surface area contributed by atoms with Gasteiger partial charge in [0.05, 0.1) is 4.99 Å². The quantitative estimate of drug-likeness (QED) is 0.488. The van der Waals surface area contributed by atoms with E-state index in [9.17, 15) is 0 Å². The lowest BCUT2D eigenvalue weighted by Crippen LogP contribution is -2.29. The predicted molar refractivity (Wildman–Crippen MR) is 72.2 cm³/mol. The topological polar surface area (TPSA) is 29.3 Å². The van der Waals surface area contributed by atoms with Crippen molar-refractivity contribution in [2.45, 2.75) is 46.5 Å². The van der Waals surface area contributed by atoms with Crippen LogP contribution in [-0.2, 0) is 0 Å². The number of nitrogens with zero attached hydrogens (tertiary/aromatic N) is 1. The van der Waals surface area contributed by atoms with Crippen LogP contribution in [0, 0.1) is 5.92 Å². The molecule has 0 aromatic heterocycles. The Morgan fingerprint density at radius 3 is 2.47 bits per heavy atom. The molecule has 0 rings (SSSR count). The minimum absolute atomic E-state index is 0.653. The Balaban J connectivity index is 3.56. The molecule has 0 fully saturated rings. The van der Waals surface area contributed by atoms with Crippen molar-refractivity contribution >= 4 is 17.2 Å². The van der Waals surface area contributed by atoms with E-state index >= 15 is 0 Å². The van der Waals surface area contributed by atoms with E-state index < -0.39 is 0 Å². The Morgan fingerprint density at radius 2 is 2.00 bits per heavy atom. The molecule has 3 heteroatoms. The van der Waals surface area contributed by atoms with Gasteiger partial charge in [-0.1, -0.05) is 39.4 Å². The molecule has 0 heterocycles. The van der Waals surface area contributed by atoms with Crippen LogP contribution in [-0.4, -0.2) is 29.5 Å². The van der Waals surface area contributed by atoms with Crippen LogP contribution in [0.25, 0.3) is 0 Å². The Labute approximate surface area is 100 Å². The third kappa shape index (κ3) is 8.82. The first kappa shape index (κ1) is 14.8. The number of hydrogen-bond donors (Lipinski definition) is 1. The minimum atomic E-state index is 0.653. The van der Waals surface area contributed by atoms with Crippen molar-refractivity contribution in [1.29, 1.82) is 0 Å². The first-order valence-corrected chi connectivity index (χ1v) is 6.51. The molecule has 0 aromatic rings. The van der Waals surface area contributed by atoms with Gasteiger partial charge >= 0.3 is 0 Å². The summed E-state index contributed by atoms with van der Waals surface area (Å²) in [7, 11) is 0. The van der Waals surface area contributed by atoms with Gasteiger partial charge in [-0.2, -0.15) is 0 Å². The summed E-state index contributed by atoms with van der Waals surface area (Å²) in [6, 6.07) is 0. The largest absolute Gasteiger partial charge is 0.393 e. The monoisotopic (exact) mass is 230 g/mol. The van der Waals surface area contributed by atoms with Gasteiger partial charge in [0.15, 0.2) is 0 Å². The third-order valence-electron chi connectivity index (χ3n) is 2.86. The van der Waals surface area contributed by atoms with Gasteiger partial charge in [-0.05, 0) is 38.3 Å². The molecule has 15 heavy (non-hydrogen) atoms. The van der Waals surface area contributed by atoms with Crippen molar-refractivity contribution in [1.82, 2.24) is 4.90 Å². The molecule has 0 spiro atoms. The summed E-state index contributed by atoms with van der Waals surface area (Å²) >= 11 is 4.86. The molecule has 0 aliphatic rings. The van der Waals surface area contributed by atoms with Crippen molar-refractivity contribution in [3.8, 4) is 0 Å². The molecule has 0 saturated carbocycles. The number of unbranched alkanes of at least 4 members (excludes halogenated alkanes) is 1. The molecule has 0 aliphatic carbocycles. The number of thiocarbonyl (C=S) groups is 1. The van der Waals surface area contributed by atoms with Crippen molar-refractivity contribution in [2.24, 2.45) is 11.7 Å². The molecular formula is C12H26N2S. The fourth-order valence-electron chi connectivity index (χ4n) is 1.58. The zero-order valence-electron chi connectivity index (χ0n) is 10.5. The molecule has 2 N–H and O–H groups in total. The Kier molecular flexibility index (Phi) is 9.01. The van der Waals surface area contributed by atoms with E-state index in [0.29, 0.717) is 4.99 Å². The van der Waals surface area contributed by atoms with Gasteiger partial charge < -0.3 is 10.6 Å². The second-order valence-corrected chi connectivity index (χ2v) is 4.85. The summed E-state index contributed by atoms with van der Waals surface area (Å²) in [6.07, 6.45) is 4.51. The highest BCUT2D eigenvalue weighted by molar-refractivity contribution is 7.80. The standard InChI is InChI=1S/C12H26N2S/c1-4-11(3)10-14(5-2)9-7-6-8-12(13)15/h11H,4-10H2,1-3H3,(H2,13,15). The fourth-order valence-corrected chi connectivity index (χ4v) is 1.73. The van der Waals surface area contributed by atoms with E-state index in [1.54, 1.807) is 0 Å². The molecule has 0 bridgehead atoms. The van der Waals surface area contributed by atoms with Crippen LogP contribution in [0.4, 0.5) is 0 Å². The maximum Gasteiger partial charge on any atom is 0.0727 e. The smallest absolute Gasteiger partial charge is 0.0727 e. The minimum Gasteiger partial charge on any atom is -0.393 e. The average Bonchev–Trinajstić information content (AvgIpc) is 2.21. The van der Waals surface area contributed by atoms with E-state index in [4.69, 9.17) is 18.0 Å². The van der Waals surface area contributed by atoms with Crippen LogP contribution >= 0.6 is 12.2 Å². The van der Waals surface area contributed by atoms with Crippen molar-refractivity contribution < 1.29 is 0 Å². The number of rotatable bonds is 9. The summed E-state index contributed by atoms with van der Waals surface area (Å²) in [6.45, 7) is 10.4. The van der Waals surface area contributed by atoms with Gasteiger partial charge in [0.2, 0.25) is 0 Å². The first-order chi connectivity index (χ1) is 7.10. The first-order valence-electron chi connectivity index (χ1n) is 6.10. The highest BCUT2D eigenvalue weighted by Crippen LogP contribution is 2.06. The lowest BCUT2D eigenvalue weighted by atomic mass is 10.1. The van der Waals surface area contributed by atoms with E-state index in [1.165, 1.54) is 25.9 Å². The van der Waals surface area contributed by atoms with Gasteiger partial charge in [0, 0.05) is 6.54 Å². The van der Waals surface area contributed by atoms with Gasteiger partial charge in [0.25, 0.3) is 0 Å². The molecule has 0 aliphatic heterocycles. The summed E-state index contributed by atoms with van der Waals surface area (Å²) < 4.78 is 0. The van der Waals surface area contributed by atoms with E-state index in [0.717, 1.165) is 25.3 Å². The second-order valence-electron chi connectivity index (χ2n) is 4.33. The molecule has 0 amide bonds. The summed E-state index contributed by atoms with van der Waals surface area (Å²) in [5, 5.41) is 0. The van der Waals surface area contributed by atoms with Gasteiger partial charge in [-0.25, -0.2) is 0 Å². The van der Waals surface area contributed by atoms with Crippen LogP contribution in [0.1, 0.15) is 46.5 Å². The molecule has 1 unspecified atom stereocenters. The normalized spacial score (nSPS) is 13.1. The third-order valence-corrected chi connectivity index (χ3v) is 3.07. The summed E-state index contributed by atoms with van der Waals surface area (Å²) in [5.41, 5.74) is 5.46. The van der Waals surface area contributed by atoms with Crippen LogP contribution in [0.15, 0.2) is 0 Å². The van der Waals surface area contributed by atoms with E-state index in [-0.39, 0.29) is 0 Å². The summed E-state index contributed by atoms with van der Waals surface area (Å²) in [4.78, 5) is 3.17. The SMILES string of the molecule is CCC(C)CN(CC)CCCCC(N)=S. The zero-order valence-corrected chi connectivity index (χ0v) is 11.3. The van der Waals surface area contributed by atoms with E-state index in [2.05, 4.69) is 25.7 Å². The molecular weight excluding hydrogens is 204 g/mol. The Bertz CT molecular complexity index is 171. The number of hydrogen-bond acceptors (Lipinski definition) is 2.